The summed E-state index contributed by atoms with van der Waals surface area (Å²) in [5.74, 6) is -0.718. The molecule has 0 aliphatic heterocycles. The summed E-state index contributed by atoms with van der Waals surface area (Å²) in [5, 5.41) is 11.5. The van der Waals surface area contributed by atoms with Crippen LogP contribution < -0.4 is 16.6 Å². The van der Waals surface area contributed by atoms with Crippen LogP contribution in [-0.2, 0) is 4.79 Å². The van der Waals surface area contributed by atoms with Gasteiger partial charge in [0, 0.05) is 12.0 Å². The van der Waals surface area contributed by atoms with Crippen LogP contribution in [0.25, 0.3) is 0 Å². The van der Waals surface area contributed by atoms with Gasteiger partial charge in [0.05, 0.1) is 18.3 Å². The van der Waals surface area contributed by atoms with Crippen LogP contribution in [0.5, 0.6) is 0 Å². The van der Waals surface area contributed by atoms with Gasteiger partial charge in [0.25, 0.3) is 11.5 Å². The number of amides is 1. The first-order chi connectivity index (χ1) is 14.7. The number of anilines is 1. The first-order valence-corrected chi connectivity index (χ1v) is 10.5. The van der Waals surface area contributed by atoms with E-state index in [4.69, 9.17) is 17.3 Å². The fraction of sp³-hybridized carbons (Fsp3) is 0.579. The molecule has 0 radical (unpaired) electrons. The highest BCUT2D eigenvalue weighted by atomic mass is 35.5. The Balaban J connectivity index is 1.56. The third-order valence-electron chi connectivity index (χ3n) is 5.88. The number of nitrogens with one attached hydrogen (secondary N) is 2. The summed E-state index contributed by atoms with van der Waals surface area (Å²) < 4.78 is 41.7. The highest BCUT2D eigenvalue weighted by molar-refractivity contribution is 6.29. The second kappa shape index (κ2) is 8.62. The Kier molecular flexibility index (Phi) is 6.07. The van der Waals surface area contributed by atoms with Crippen LogP contribution in [0.2, 0.25) is 5.15 Å². The Morgan fingerprint density at radius 3 is 2.55 bits per heavy atom. The Hall–Kier alpha value is -2.40. The van der Waals surface area contributed by atoms with Gasteiger partial charge in [0.1, 0.15) is 10.8 Å². The number of alkyl halides is 2. The van der Waals surface area contributed by atoms with E-state index in [2.05, 4.69) is 20.6 Å². The number of carbonyl (C=O) groups excluding carboxylic acids is 1. The van der Waals surface area contributed by atoms with Gasteiger partial charge in [-0.05, 0) is 49.5 Å². The van der Waals surface area contributed by atoms with Crippen molar-refractivity contribution < 1.29 is 18.0 Å². The molecule has 2 aliphatic rings. The molecule has 4 N–H and O–H groups in total. The van der Waals surface area contributed by atoms with E-state index in [0.717, 1.165) is 42.6 Å². The third kappa shape index (κ3) is 4.93. The van der Waals surface area contributed by atoms with Gasteiger partial charge in [-0.25, -0.2) is 13.9 Å². The van der Waals surface area contributed by atoms with Gasteiger partial charge in [-0.3, -0.25) is 14.3 Å². The lowest BCUT2D eigenvalue weighted by atomic mass is 9.89. The second-order valence-electron chi connectivity index (χ2n) is 8.20. The molecule has 0 saturated heterocycles. The van der Waals surface area contributed by atoms with Crippen LogP contribution >= 0.6 is 11.6 Å². The highest BCUT2D eigenvalue weighted by Gasteiger charge is 2.46. The molecule has 0 aromatic carbocycles. The van der Waals surface area contributed by atoms with Crippen molar-refractivity contribution in [2.75, 3.05) is 5.32 Å². The first kappa shape index (κ1) is 21.8. The number of aromatic nitrogens is 4. The number of hydrogen-bond acceptors (Lipinski definition) is 5. The van der Waals surface area contributed by atoms with Crippen molar-refractivity contribution in [3.8, 4) is 0 Å². The first-order valence-electron chi connectivity index (χ1n) is 10.1. The summed E-state index contributed by atoms with van der Waals surface area (Å²) >= 11 is 5.77. The van der Waals surface area contributed by atoms with Gasteiger partial charge in [-0.15, -0.1) is 5.10 Å². The van der Waals surface area contributed by atoms with Crippen molar-refractivity contribution in [2.45, 2.75) is 50.6 Å². The van der Waals surface area contributed by atoms with Crippen molar-refractivity contribution in [1.29, 1.82) is 0 Å². The van der Waals surface area contributed by atoms with Crippen molar-refractivity contribution in [3.63, 3.8) is 0 Å². The molecule has 2 aromatic rings. The normalized spacial score (nSPS) is 18.4. The summed E-state index contributed by atoms with van der Waals surface area (Å²) in [6, 6.07) is -0.984. The van der Waals surface area contributed by atoms with E-state index in [1.807, 2.05) is 0 Å². The largest absolute Gasteiger partial charge is 0.320 e. The van der Waals surface area contributed by atoms with Gasteiger partial charge in [-0.2, -0.15) is 9.49 Å². The van der Waals surface area contributed by atoms with Gasteiger partial charge < -0.3 is 11.1 Å². The molecular weight excluding hydrogens is 437 g/mol. The Bertz CT molecular complexity index is 1010. The maximum atomic E-state index is 14.5. The van der Waals surface area contributed by atoms with Crippen LogP contribution in [0.4, 0.5) is 18.9 Å². The van der Waals surface area contributed by atoms with Crippen LogP contribution in [0.3, 0.4) is 0 Å². The molecule has 1 amide bonds. The predicted molar refractivity (Wildman–Crippen MR) is 106 cm³/mol. The molecule has 1 unspecified atom stereocenters. The molecule has 8 nitrogen and oxygen atoms in total. The minimum atomic E-state index is -2.81. The second-order valence-corrected chi connectivity index (χ2v) is 8.59. The molecule has 2 aliphatic carbocycles. The fourth-order valence-electron chi connectivity index (χ4n) is 4.13. The molecular formula is C19H22ClF3N6O2. The predicted octanol–water partition coefficient (Wildman–Crippen LogP) is 2.71. The summed E-state index contributed by atoms with van der Waals surface area (Å²) in [6.45, 7) is 0. The number of H-pyrrole nitrogens is 1. The summed E-state index contributed by atoms with van der Waals surface area (Å²) in [4.78, 5) is 24.8. The molecule has 4 rings (SSSR count). The maximum Gasteiger partial charge on any atom is 0.269 e. The van der Waals surface area contributed by atoms with E-state index in [9.17, 15) is 22.8 Å². The molecule has 12 heteroatoms. The number of aromatic amines is 1. The van der Waals surface area contributed by atoms with E-state index < -0.39 is 42.3 Å². The zero-order valence-corrected chi connectivity index (χ0v) is 17.2. The Labute approximate surface area is 180 Å². The average Bonchev–Trinajstić information content (AvgIpc) is 3.63. The SMILES string of the molecule is N[C@H](C(=O)Nc1cn(C(CC(F)F)c2cc(Cl)n[nH]c2=O)nc1F)C(C1CC1)C1CC1. The number of halogens is 4. The van der Waals surface area contributed by atoms with Crippen LogP contribution in [-0.4, -0.2) is 38.4 Å². The Morgan fingerprint density at radius 2 is 1.97 bits per heavy atom. The monoisotopic (exact) mass is 458 g/mol. The lowest BCUT2D eigenvalue weighted by Gasteiger charge is -2.22. The molecule has 2 saturated carbocycles. The standard InChI is InChI=1S/C19H22ClF3N6O2/c20-13-5-10(18(30)27-26-13)12(6-14(21)22)29-7-11(17(23)28-29)25-19(31)16(24)15(8-1-2-8)9-3-4-9/h5,7-9,12,14-16H,1-4,6,24H2,(H,25,31)(H,27,30)/t12?,16-/m0/s1. The smallest absolute Gasteiger partial charge is 0.269 e. The van der Waals surface area contributed by atoms with E-state index in [1.165, 1.54) is 0 Å². The van der Waals surface area contributed by atoms with Crippen LogP contribution in [0.1, 0.15) is 43.7 Å². The molecule has 2 aromatic heterocycles. The molecule has 0 spiro atoms. The number of hydrogen-bond donors (Lipinski definition) is 3. The highest BCUT2D eigenvalue weighted by Crippen LogP contribution is 2.50. The van der Waals surface area contributed by atoms with E-state index >= 15 is 0 Å². The fourth-order valence-corrected chi connectivity index (χ4v) is 4.29. The minimum Gasteiger partial charge on any atom is -0.320 e. The number of carbonyl (C=O) groups is 1. The average molecular weight is 459 g/mol. The molecule has 2 fully saturated rings. The van der Waals surface area contributed by atoms with E-state index in [-0.39, 0.29) is 22.3 Å². The molecule has 2 atom stereocenters. The third-order valence-corrected chi connectivity index (χ3v) is 6.07. The van der Waals surface area contributed by atoms with Crippen molar-refractivity contribution in [2.24, 2.45) is 23.5 Å². The van der Waals surface area contributed by atoms with Gasteiger partial charge >= 0.3 is 0 Å². The molecule has 168 valence electrons. The molecule has 2 heterocycles. The Morgan fingerprint density at radius 1 is 1.32 bits per heavy atom. The van der Waals surface area contributed by atoms with E-state index in [0.29, 0.717) is 11.8 Å². The van der Waals surface area contributed by atoms with E-state index in [1.54, 1.807) is 0 Å². The van der Waals surface area contributed by atoms with Crippen molar-refractivity contribution >= 4 is 23.2 Å². The zero-order chi connectivity index (χ0) is 22.3. The summed E-state index contributed by atoms with van der Waals surface area (Å²) in [7, 11) is 0. The summed E-state index contributed by atoms with van der Waals surface area (Å²) in [5.41, 5.74) is 4.98. The van der Waals surface area contributed by atoms with Crippen molar-refractivity contribution in [3.05, 3.63) is 39.3 Å². The van der Waals surface area contributed by atoms with Gasteiger partial charge in [0.15, 0.2) is 0 Å². The number of nitrogens with zero attached hydrogens (tertiary/aromatic N) is 3. The van der Waals surface area contributed by atoms with Crippen LogP contribution in [0.15, 0.2) is 17.1 Å². The molecule has 0 bridgehead atoms. The van der Waals surface area contributed by atoms with Gasteiger partial charge in [-0.1, -0.05) is 11.6 Å². The lowest BCUT2D eigenvalue weighted by molar-refractivity contribution is -0.118. The zero-order valence-electron chi connectivity index (χ0n) is 16.4. The van der Waals surface area contributed by atoms with Gasteiger partial charge in [0.2, 0.25) is 12.3 Å². The summed E-state index contributed by atoms with van der Waals surface area (Å²) in [6.07, 6.45) is 1.58. The maximum absolute atomic E-state index is 14.5. The lowest BCUT2D eigenvalue weighted by Crippen LogP contribution is -2.43. The quantitative estimate of drug-likeness (QED) is 0.534. The minimum absolute atomic E-state index is 0.0576. The van der Waals surface area contributed by atoms with Crippen molar-refractivity contribution in [1.82, 2.24) is 20.0 Å². The number of rotatable bonds is 9. The topological polar surface area (TPSA) is 119 Å². The molecule has 31 heavy (non-hydrogen) atoms. The van der Waals surface area contributed by atoms with Crippen LogP contribution in [0, 0.1) is 23.7 Å². The number of nitrogens with two attached hydrogens (primary N) is 1.